The fourth-order valence-corrected chi connectivity index (χ4v) is 3.19. The van der Waals surface area contributed by atoms with Crippen LogP contribution >= 0.6 is 34.8 Å². The molecule has 3 aromatic rings. The fourth-order valence-electron chi connectivity index (χ4n) is 2.77. The predicted molar refractivity (Wildman–Crippen MR) is 123 cm³/mol. The van der Waals surface area contributed by atoms with Gasteiger partial charge in [-0.2, -0.15) is 0 Å². The minimum atomic E-state index is -0.278. The highest BCUT2D eigenvalue weighted by Gasteiger charge is 2.13. The number of carbonyl (C=O) groups excluding carboxylic acids is 1. The third-order valence-electron chi connectivity index (χ3n) is 4.32. The van der Waals surface area contributed by atoms with Crippen LogP contribution in [0, 0.1) is 6.92 Å². The Kier molecular flexibility index (Phi) is 7.48. The van der Waals surface area contributed by atoms with E-state index < -0.39 is 0 Å². The van der Waals surface area contributed by atoms with Gasteiger partial charge in [-0.15, -0.1) is 0 Å². The molecule has 0 atom stereocenters. The number of nitrogens with one attached hydrogen (secondary N) is 1. The lowest BCUT2D eigenvalue weighted by molar-refractivity contribution is 0.102. The summed E-state index contributed by atoms with van der Waals surface area (Å²) >= 11 is 18.0. The molecular weight excluding hydrogens is 445 g/mol. The largest absolute Gasteiger partial charge is 0.493 e. The maximum absolute atomic E-state index is 12.7. The van der Waals surface area contributed by atoms with Crippen molar-refractivity contribution >= 4 is 46.4 Å². The first-order valence-electron chi connectivity index (χ1n) is 9.28. The van der Waals surface area contributed by atoms with Crippen LogP contribution in [0.2, 0.25) is 15.1 Å². The quantitative estimate of drug-likeness (QED) is 0.402. The zero-order chi connectivity index (χ0) is 21.7. The van der Waals surface area contributed by atoms with E-state index in [1.165, 1.54) is 0 Å². The molecule has 7 heteroatoms. The Balaban J connectivity index is 1.79. The Labute approximate surface area is 190 Å². The van der Waals surface area contributed by atoms with Crippen LogP contribution in [0.4, 0.5) is 5.69 Å². The topological polar surface area (TPSA) is 47.6 Å². The van der Waals surface area contributed by atoms with Gasteiger partial charge in [0.15, 0.2) is 0 Å². The Hall–Kier alpha value is -2.40. The number of anilines is 1. The third kappa shape index (κ3) is 5.60. The number of amides is 1. The number of rotatable bonds is 7. The first kappa shape index (κ1) is 22.3. The molecule has 4 nitrogen and oxygen atoms in total. The van der Waals surface area contributed by atoms with Crippen molar-refractivity contribution < 1.29 is 14.3 Å². The Morgan fingerprint density at radius 3 is 2.37 bits per heavy atom. The average Bonchev–Trinajstić information content (AvgIpc) is 2.72. The first-order chi connectivity index (χ1) is 14.4. The fraction of sp³-hybridized carbons (Fsp3) is 0.174. The highest BCUT2D eigenvalue weighted by atomic mass is 35.5. The normalized spacial score (nSPS) is 10.6. The van der Waals surface area contributed by atoms with Crippen molar-refractivity contribution in [2.24, 2.45) is 0 Å². The lowest BCUT2D eigenvalue weighted by Crippen LogP contribution is -2.13. The molecule has 0 heterocycles. The van der Waals surface area contributed by atoms with Gasteiger partial charge in [-0.1, -0.05) is 34.8 Å². The molecule has 30 heavy (non-hydrogen) atoms. The van der Waals surface area contributed by atoms with E-state index in [1.54, 1.807) is 48.5 Å². The van der Waals surface area contributed by atoms with Crippen molar-refractivity contribution in [2.75, 3.05) is 11.9 Å². The van der Waals surface area contributed by atoms with Gasteiger partial charge in [-0.25, -0.2) is 0 Å². The summed E-state index contributed by atoms with van der Waals surface area (Å²) in [5.41, 5.74) is 2.70. The maximum Gasteiger partial charge on any atom is 0.255 e. The second-order valence-corrected chi connectivity index (χ2v) is 7.76. The van der Waals surface area contributed by atoms with Gasteiger partial charge in [0.2, 0.25) is 0 Å². The van der Waals surface area contributed by atoms with Gasteiger partial charge in [0, 0.05) is 21.8 Å². The standard InChI is InChI=1S/C23H20Cl3NO3/c1-3-29-22-9-4-15(23(28)27-17-5-7-20(25)21(26)12-17)11-16(22)13-30-18-6-8-19(24)14(2)10-18/h4-12H,3,13H2,1-2H3,(H,27,28). The van der Waals surface area contributed by atoms with E-state index in [-0.39, 0.29) is 12.5 Å². The van der Waals surface area contributed by atoms with Gasteiger partial charge in [-0.05, 0) is 74.0 Å². The number of ether oxygens (including phenoxy) is 2. The minimum Gasteiger partial charge on any atom is -0.493 e. The molecule has 3 rings (SSSR count). The van der Waals surface area contributed by atoms with Crippen molar-refractivity contribution in [3.8, 4) is 11.5 Å². The minimum absolute atomic E-state index is 0.240. The molecule has 0 radical (unpaired) electrons. The lowest BCUT2D eigenvalue weighted by Gasteiger charge is -2.14. The van der Waals surface area contributed by atoms with Crippen LogP contribution in [0.1, 0.15) is 28.4 Å². The Bertz CT molecular complexity index is 1070. The summed E-state index contributed by atoms with van der Waals surface area (Å²) in [5, 5.41) is 4.29. The zero-order valence-corrected chi connectivity index (χ0v) is 18.7. The molecule has 0 aliphatic carbocycles. The summed E-state index contributed by atoms with van der Waals surface area (Å²) in [4.78, 5) is 12.7. The molecule has 0 saturated carbocycles. The molecule has 156 valence electrons. The van der Waals surface area contributed by atoms with Gasteiger partial charge in [0.05, 0.1) is 16.7 Å². The lowest BCUT2D eigenvalue weighted by atomic mass is 10.1. The van der Waals surface area contributed by atoms with E-state index >= 15 is 0 Å². The molecular formula is C23H20Cl3NO3. The van der Waals surface area contributed by atoms with Crippen LogP contribution in [0.25, 0.3) is 0 Å². The highest BCUT2D eigenvalue weighted by Crippen LogP contribution is 2.27. The molecule has 0 spiro atoms. The summed E-state index contributed by atoms with van der Waals surface area (Å²) in [6, 6.07) is 15.6. The first-order valence-corrected chi connectivity index (χ1v) is 10.4. The maximum atomic E-state index is 12.7. The molecule has 0 aliphatic rings. The zero-order valence-electron chi connectivity index (χ0n) is 16.5. The van der Waals surface area contributed by atoms with Crippen LogP contribution in [-0.4, -0.2) is 12.5 Å². The molecule has 0 aliphatic heterocycles. The van der Waals surface area contributed by atoms with E-state index in [2.05, 4.69) is 5.32 Å². The molecule has 0 aromatic heterocycles. The van der Waals surface area contributed by atoms with Gasteiger partial charge in [0.25, 0.3) is 5.91 Å². The van der Waals surface area contributed by atoms with Crippen LogP contribution in [0.3, 0.4) is 0 Å². The summed E-state index contributed by atoms with van der Waals surface area (Å²) in [6.45, 7) is 4.55. The van der Waals surface area contributed by atoms with E-state index in [0.29, 0.717) is 44.4 Å². The van der Waals surface area contributed by atoms with Crippen LogP contribution in [0.5, 0.6) is 11.5 Å². The van der Waals surface area contributed by atoms with E-state index in [1.807, 2.05) is 19.9 Å². The number of aryl methyl sites for hydroxylation is 1. The summed E-state index contributed by atoms with van der Waals surface area (Å²) in [7, 11) is 0. The average molecular weight is 465 g/mol. The number of benzene rings is 3. The van der Waals surface area contributed by atoms with Gasteiger partial charge in [0.1, 0.15) is 18.1 Å². The summed E-state index contributed by atoms with van der Waals surface area (Å²) < 4.78 is 11.6. The number of hydrogen-bond donors (Lipinski definition) is 1. The highest BCUT2D eigenvalue weighted by molar-refractivity contribution is 6.42. The molecule has 1 N–H and O–H groups in total. The summed E-state index contributed by atoms with van der Waals surface area (Å²) in [6.07, 6.45) is 0. The van der Waals surface area contributed by atoms with Gasteiger partial charge in [-0.3, -0.25) is 4.79 Å². The van der Waals surface area contributed by atoms with Crippen molar-refractivity contribution in [1.82, 2.24) is 0 Å². The van der Waals surface area contributed by atoms with Crippen molar-refractivity contribution in [3.63, 3.8) is 0 Å². The Morgan fingerprint density at radius 1 is 0.900 bits per heavy atom. The molecule has 0 fully saturated rings. The third-order valence-corrected chi connectivity index (χ3v) is 5.49. The molecule has 0 unspecified atom stereocenters. The monoisotopic (exact) mass is 463 g/mol. The molecule has 0 saturated heterocycles. The Morgan fingerprint density at radius 2 is 1.67 bits per heavy atom. The second kappa shape index (κ2) is 10.1. The van der Waals surface area contributed by atoms with Crippen LogP contribution in [0.15, 0.2) is 54.6 Å². The molecule has 3 aromatic carbocycles. The van der Waals surface area contributed by atoms with Crippen molar-refractivity contribution in [1.29, 1.82) is 0 Å². The SMILES string of the molecule is CCOc1ccc(C(=O)Nc2ccc(Cl)c(Cl)c2)cc1COc1ccc(Cl)c(C)c1. The van der Waals surface area contributed by atoms with Crippen molar-refractivity contribution in [2.45, 2.75) is 20.5 Å². The van der Waals surface area contributed by atoms with Crippen molar-refractivity contribution in [3.05, 3.63) is 86.4 Å². The van der Waals surface area contributed by atoms with E-state index in [9.17, 15) is 4.79 Å². The smallest absolute Gasteiger partial charge is 0.255 e. The van der Waals surface area contributed by atoms with Crippen LogP contribution < -0.4 is 14.8 Å². The van der Waals surface area contributed by atoms with E-state index in [0.717, 1.165) is 11.1 Å². The summed E-state index contributed by atoms with van der Waals surface area (Å²) in [5.74, 6) is 1.07. The number of halogens is 3. The van der Waals surface area contributed by atoms with E-state index in [4.69, 9.17) is 44.3 Å². The predicted octanol–water partition coefficient (Wildman–Crippen LogP) is 7.19. The molecule has 1 amide bonds. The number of carbonyl (C=O) groups is 1. The van der Waals surface area contributed by atoms with Gasteiger partial charge < -0.3 is 14.8 Å². The van der Waals surface area contributed by atoms with Gasteiger partial charge >= 0.3 is 0 Å². The second-order valence-electron chi connectivity index (χ2n) is 6.54. The number of hydrogen-bond acceptors (Lipinski definition) is 3. The van der Waals surface area contributed by atoms with Crippen LogP contribution in [-0.2, 0) is 6.61 Å². The molecule has 0 bridgehead atoms.